The number of halogens is 2. The summed E-state index contributed by atoms with van der Waals surface area (Å²) < 4.78 is 14.4. The lowest BCUT2D eigenvalue weighted by atomic mass is 10.2. The first-order valence-electron chi connectivity index (χ1n) is 7.05. The van der Waals surface area contributed by atoms with Crippen LogP contribution in [0.5, 0.6) is 0 Å². The van der Waals surface area contributed by atoms with Crippen molar-refractivity contribution in [2.24, 2.45) is 0 Å². The summed E-state index contributed by atoms with van der Waals surface area (Å²) in [4.78, 5) is 16.0. The minimum atomic E-state index is -0.332. The molecule has 3 rings (SSSR count). The molecule has 0 fully saturated rings. The van der Waals surface area contributed by atoms with Crippen LogP contribution in [0.4, 0.5) is 15.8 Å². The van der Waals surface area contributed by atoms with Crippen molar-refractivity contribution >= 4 is 28.9 Å². The molecule has 0 radical (unpaired) electrons. The molecule has 122 valence electrons. The second-order valence-corrected chi connectivity index (χ2v) is 5.35. The van der Waals surface area contributed by atoms with E-state index in [1.165, 1.54) is 29.5 Å². The molecule has 0 atom stereocenters. The zero-order chi connectivity index (χ0) is 16.9. The predicted molar refractivity (Wildman–Crippen MR) is 89.9 cm³/mol. The van der Waals surface area contributed by atoms with Gasteiger partial charge in [0.2, 0.25) is 5.91 Å². The molecule has 8 heteroatoms. The van der Waals surface area contributed by atoms with E-state index < -0.39 is 0 Å². The fraction of sp³-hybridized carbons (Fsp3) is 0.0625. The Kier molecular flexibility index (Phi) is 4.72. The van der Waals surface area contributed by atoms with Crippen LogP contribution in [0.3, 0.4) is 0 Å². The van der Waals surface area contributed by atoms with Crippen LogP contribution in [0.25, 0.3) is 5.69 Å². The van der Waals surface area contributed by atoms with Crippen LogP contribution in [-0.4, -0.2) is 27.2 Å². The minimum absolute atomic E-state index is 0.0228. The number of amides is 1. The van der Waals surface area contributed by atoms with Crippen LogP contribution in [0.15, 0.2) is 55.1 Å². The van der Waals surface area contributed by atoms with Crippen molar-refractivity contribution in [3.63, 3.8) is 0 Å². The summed E-state index contributed by atoms with van der Waals surface area (Å²) in [6, 6.07) is 10.8. The normalized spacial score (nSPS) is 10.4. The molecule has 3 aromatic rings. The van der Waals surface area contributed by atoms with Crippen LogP contribution in [0, 0.1) is 5.82 Å². The van der Waals surface area contributed by atoms with Gasteiger partial charge in [-0.25, -0.2) is 14.1 Å². The van der Waals surface area contributed by atoms with E-state index in [1.807, 2.05) is 0 Å². The number of anilines is 2. The van der Waals surface area contributed by atoms with E-state index in [9.17, 15) is 9.18 Å². The average molecular weight is 346 g/mol. The summed E-state index contributed by atoms with van der Waals surface area (Å²) in [5, 5.41) is 10.2. The molecule has 0 bridgehead atoms. The van der Waals surface area contributed by atoms with Gasteiger partial charge in [-0.05, 0) is 42.5 Å². The maximum atomic E-state index is 12.9. The first-order valence-corrected chi connectivity index (χ1v) is 7.43. The Bertz CT molecular complexity index is 836. The Balaban J connectivity index is 1.70. The second-order valence-electron chi connectivity index (χ2n) is 4.91. The van der Waals surface area contributed by atoms with Crippen molar-refractivity contribution in [1.29, 1.82) is 0 Å². The first-order chi connectivity index (χ1) is 11.6. The van der Waals surface area contributed by atoms with E-state index >= 15 is 0 Å². The van der Waals surface area contributed by atoms with Crippen molar-refractivity contribution in [3.8, 4) is 5.69 Å². The van der Waals surface area contributed by atoms with Gasteiger partial charge < -0.3 is 10.6 Å². The third-order valence-corrected chi connectivity index (χ3v) is 3.43. The highest BCUT2D eigenvalue weighted by Crippen LogP contribution is 2.23. The molecule has 0 aliphatic rings. The van der Waals surface area contributed by atoms with Gasteiger partial charge in [0, 0.05) is 10.7 Å². The fourth-order valence-corrected chi connectivity index (χ4v) is 2.26. The van der Waals surface area contributed by atoms with Crippen molar-refractivity contribution in [1.82, 2.24) is 14.8 Å². The standard InChI is InChI=1S/C16H13ClFN5O/c17-11-1-6-15(23-10-19-9-21-23)14(7-11)22-16(24)8-20-13-4-2-12(18)3-5-13/h1-7,9-10,20H,8H2,(H,22,24). The molecule has 0 aliphatic heterocycles. The summed E-state index contributed by atoms with van der Waals surface area (Å²) in [5.74, 6) is -0.607. The molecule has 1 aromatic heterocycles. The summed E-state index contributed by atoms with van der Waals surface area (Å²) in [7, 11) is 0. The number of nitrogens with one attached hydrogen (secondary N) is 2. The molecule has 0 spiro atoms. The highest BCUT2D eigenvalue weighted by molar-refractivity contribution is 6.31. The Morgan fingerprint density at radius 1 is 1.21 bits per heavy atom. The molecule has 24 heavy (non-hydrogen) atoms. The number of carbonyl (C=O) groups excluding carboxylic acids is 1. The quantitative estimate of drug-likeness (QED) is 0.745. The van der Waals surface area contributed by atoms with Gasteiger partial charge in [0.1, 0.15) is 18.5 Å². The summed E-state index contributed by atoms with van der Waals surface area (Å²) in [6.45, 7) is 0.0228. The molecular formula is C16H13ClFN5O. The molecule has 0 saturated carbocycles. The largest absolute Gasteiger partial charge is 0.376 e. The van der Waals surface area contributed by atoms with Crippen LogP contribution in [0.1, 0.15) is 0 Å². The summed E-state index contributed by atoms with van der Waals surface area (Å²) in [5.41, 5.74) is 1.81. The molecule has 6 nitrogen and oxygen atoms in total. The maximum absolute atomic E-state index is 12.9. The zero-order valence-electron chi connectivity index (χ0n) is 12.4. The van der Waals surface area contributed by atoms with E-state index in [4.69, 9.17) is 11.6 Å². The van der Waals surface area contributed by atoms with Crippen LogP contribution >= 0.6 is 11.6 Å². The Hall–Kier alpha value is -2.93. The number of aromatic nitrogens is 3. The topological polar surface area (TPSA) is 71.8 Å². The molecule has 0 aliphatic carbocycles. The predicted octanol–water partition coefficient (Wildman–Crippen LogP) is 3.11. The van der Waals surface area contributed by atoms with E-state index in [0.717, 1.165) is 0 Å². The number of hydrogen-bond acceptors (Lipinski definition) is 4. The average Bonchev–Trinajstić information content (AvgIpc) is 3.09. The number of benzene rings is 2. The molecule has 2 N–H and O–H groups in total. The fourth-order valence-electron chi connectivity index (χ4n) is 2.09. The van der Waals surface area contributed by atoms with Crippen molar-refractivity contribution < 1.29 is 9.18 Å². The van der Waals surface area contributed by atoms with E-state index in [0.29, 0.717) is 22.1 Å². The molecule has 1 amide bonds. The van der Waals surface area contributed by atoms with Gasteiger partial charge in [0.15, 0.2) is 0 Å². The van der Waals surface area contributed by atoms with Crippen molar-refractivity contribution in [2.75, 3.05) is 17.2 Å². The minimum Gasteiger partial charge on any atom is -0.376 e. The smallest absolute Gasteiger partial charge is 0.243 e. The van der Waals surface area contributed by atoms with Crippen LogP contribution in [0.2, 0.25) is 5.02 Å². The SMILES string of the molecule is O=C(CNc1ccc(F)cc1)Nc1cc(Cl)ccc1-n1cncn1. The Morgan fingerprint density at radius 3 is 2.71 bits per heavy atom. The lowest BCUT2D eigenvalue weighted by Crippen LogP contribution is -2.22. The number of nitrogens with zero attached hydrogens (tertiary/aromatic N) is 3. The second kappa shape index (κ2) is 7.10. The molecule has 2 aromatic carbocycles. The van der Waals surface area contributed by atoms with Gasteiger partial charge >= 0.3 is 0 Å². The first kappa shape index (κ1) is 15.9. The van der Waals surface area contributed by atoms with E-state index in [-0.39, 0.29) is 18.3 Å². The van der Waals surface area contributed by atoms with Gasteiger partial charge in [0.25, 0.3) is 0 Å². The van der Waals surface area contributed by atoms with Crippen LogP contribution < -0.4 is 10.6 Å². The summed E-state index contributed by atoms with van der Waals surface area (Å²) >= 11 is 6.00. The number of hydrogen-bond donors (Lipinski definition) is 2. The number of carbonyl (C=O) groups is 1. The maximum Gasteiger partial charge on any atom is 0.243 e. The number of rotatable bonds is 5. The van der Waals surface area contributed by atoms with E-state index in [1.54, 1.807) is 30.3 Å². The Labute approximate surface area is 142 Å². The van der Waals surface area contributed by atoms with Crippen molar-refractivity contribution in [2.45, 2.75) is 0 Å². The Morgan fingerprint density at radius 2 is 2.00 bits per heavy atom. The lowest BCUT2D eigenvalue weighted by molar-refractivity contribution is -0.114. The van der Waals surface area contributed by atoms with Gasteiger partial charge in [-0.15, -0.1) is 0 Å². The zero-order valence-corrected chi connectivity index (χ0v) is 13.2. The van der Waals surface area contributed by atoms with Gasteiger partial charge in [-0.2, -0.15) is 5.10 Å². The molecule has 0 saturated heterocycles. The third kappa shape index (κ3) is 3.88. The van der Waals surface area contributed by atoms with Gasteiger partial charge in [0.05, 0.1) is 17.9 Å². The summed E-state index contributed by atoms with van der Waals surface area (Å²) in [6.07, 6.45) is 2.92. The van der Waals surface area contributed by atoms with E-state index in [2.05, 4.69) is 20.7 Å². The van der Waals surface area contributed by atoms with Crippen molar-refractivity contribution in [3.05, 3.63) is 66.0 Å². The van der Waals surface area contributed by atoms with Gasteiger partial charge in [-0.1, -0.05) is 11.6 Å². The van der Waals surface area contributed by atoms with Crippen LogP contribution in [-0.2, 0) is 4.79 Å². The third-order valence-electron chi connectivity index (χ3n) is 3.20. The molecule has 1 heterocycles. The molecular weight excluding hydrogens is 333 g/mol. The highest BCUT2D eigenvalue weighted by atomic mass is 35.5. The lowest BCUT2D eigenvalue weighted by Gasteiger charge is -2.12. The van der Waals surface area contributed by atoms with Gasteiger partial charge in [-0.3, -0.25) is 4.79 Å². The monoisotopic (exact) mass is 345 g/mol. The highest BCUT2D eigenvalue weighted by Gasteiger charge is 2.10. The molecule has 0 unspecified atom stereocenters.